The van der Waals surface area contributed by atoms with E-state index in [1.54, 1.807) is 6.92 Å². The van der Waals surface area contributed by atoms with E-state index in [9.17, 15) is 26.3 Å². The highest BCUT2D eigenvalue weighted by atomic mass is 19.4. The number of rotatable bonds is 5. The highest BCUT2D eigenvalue weighted by Gasteiger charge is 2.37. The predicted molar refractivity (Wildman–Crippen MR) is 65.1 cm³/mol. The Kier molecular flexibility index (Phi) is 5.49. The molecule has 0 saturated carbocycles. The molecular formula is C13H15F6NO. The van der Waals surface area contributed by atoms with Gasteiger partial charge in [-0.3, -0.25) is 0 Å². The second-order valence-corrected chi connectivity index (χ2v) is 4.48. The zero-order valence-corrected chi connectivity index (χ0v) is 11.4. The van der Waals surface area contributed by atoms with Crippen molar-refractivity contribution in [1.82, 2.24) is 5.32 Å². The first kappa shape index (κ1) is 17.6. The molecule has 1 aromatic rings. The summed E-state index contributed by atoms with van der Waals surface area (Å²) in [7, 11) is 0. The Morgan fingerprint density at radius 2 is 1.48 bits per heavy atom. The van der Waals surface area contributed by atoms with Gasteiger partial charge in [-0.05, 0) is 31.7 Å². The summed E-state index contributed by atoms with van der Waals surface area (Å²) in [5.74, 6) is -0.456. The molecule has 0 aliphatic rings. The average molecular weight is 315 g/mol. The monoisotopic (exact) mass is 315 g/mol. The van der Waals surface area contributed by atoms with Crippen LogP contribution in [0.25, 0.3) is 0 Å². The molecule has 1 unspecified atom stereocenters. The smallest absolute Gasteiger partial charge is 0.416 e. The molecule has 1 rings (SSSR count). The summed E-state index contributed by atoms with van der Waals surface area (Å²) in [4.78, 5) is 0. The maximum atomic E-state index is 12.6. The minimum atomic E-state index is -4.87. The second kappa shape index (κ2) is 6.55. The summed E-state index contributed by atoms with van der Waals surface area (Å²) >= 11 is 0. The lowest BCUT2D eigenvalue weighted by molar-refractivity contribution is -0.143. The predicted octanol–water partition coefficient (Wildman–Crippen LogP) is 4.10. The zero-order valence-electron chi connectivity index (χ0n) is 11.4. The van der Waals surface area contributed by atoms with E-state index < -0.39 is 35.3 Å². The fourth-order valence-electron chi connectivity index (χ4n) is 1.62. The maximum Gasteiger partial charge on any atom is 0.416 e. The first-order chi connectivity index (χ1) is 9.54. The molecule has 2 nitrogen and oxygen atoms in total. The lowest BCUT2D eigenvalue weighted by Crippen LogP contribution is -2.28. The Bertz CT molecular complexity index is 436. The van der Waals surface area contributed by atoms with Gasteiger partial charge in [0, 0.05) is 6.54 Å². The Morgan fingerprint density at radius 1 is 1.00 bits per heavy atom. The molecule has 0 aliphatic carbocycles. The molecular weight excluding hydrogens is 300 g/mol. The van der Waals surface area contributed by atoms with Gasteiger partial charge < -0.3 is 10.1 Å². The molecule has 21 heavy (non-hydrogen) atoms. The van der Waals surface area contributed by atoms with Crippen LogP contribution in [0, 0.1) is 0 Å². The Labute approximate surface area is 118 Å². The third kappa shape index (κ3) is 5.45. The number of hydrogen-bond donors (Lipinski definition) is 1. The normalized spacial score (nSPS) is 14.1. The van der Waals surface area contributed by atoms with Crippen molar-refractivity contribution in [2.75, 3.05) is 13.1 Å². The van der Waals surface area contributed by atoms with Crippen molar-refractivity contribution in [1.29, 1.82) is 0 Å². The van der Waals surface area contributed by atoms with E-state index in [4.69, 9.17) is 4.74 Å². The number of hydrogen-bond acceptors (Lipinski definition) is 2. The number of ether oxygens (including phenoxy) is 1. The van der Waals surface area contributed by atoms with Gasteiger partial charge in [-0.2, -0.15) is 26.3 Å². The first-order valence-electron chi connectivity index (χ1n) is 6.21. The molecule has 0 heterocycles. The third-order valence-electron chi connectivity index (χ3n) is 2.58. The minimum Gasteiger partial charge on any atom is -0.489 e. The van der Waals surface area contributed by atoms with Crippen molar-refractivity contribution >= 4 is 0 Å². The van der Waals surface area contributed by atoms with Crippen molar-refractivity contribution in [3.8, 4) is 5.75 Å². The minimum absolute atomic E-state index is 0.0712. The fourth-order valence-corrected chi connectivity index (χ4v) is 1.62. The molecule has 0 bridgehead atoms. The van der Waals surface area contributed by atoms with Crippen LogP contribution in [0.5, 0.6) is 5.75 Å². The number of benzene rings is 1. The van der Waals surface area contributed by atoms with Crippen molar-refractivity contribution in [2.24, 2.45) is 0 Å². The average Bonchev–Trinajstić information content (AvgIpc) is 2.34. The summed E-state index contributed by atoms with van der Waals surface area (Å²) in [6.07, 6.45) is -10.3. The molecule has 0 amide bonds. The van der Waals surface area contributed by atoms with E-state index in [1.807, 2.05) is 6.92 Å². The largest absolute Gasteiger partial charge is 0.489 e. The Morgan fingerprint density at radius 3 is 1.86 bits per heavy atom. The summed E-state index contributed by atoms with van der Waals surface area (Å²) in [6.45, 7) is 4.30. The van der Waals surface area contributed by atoms with Crippen molar-refractivity contribution < 1.29 is 31.1 Å². The van der Waals surface area contributed by atoms with Crippen LogP contribution in [-0.4, -0.2) is 19.2 Å². The van der Waals surface area contributed by atoms with Gasteiger partial charge in [0.05, 0.1) is 11.1 Å². The molecule has 120 valence electrons. The highest BCUT2D eigenvalue weighted by Crippen LogP contribution is 2.38. The fraction of sp³-hybridized carbons (Fsp3) is 0.538. The van der Waals surface area contributed by atoms with Gasteiger partial charge in [0.2, 0.25) is 0 Å². The van der Waals surface area contributed by atoms with Gasteiger partial charge in [-0.15, -0.1) is 0 Å². The van der Waals surface area contributed by atoms with Crippen LogP contribution < -0.4 is 10.1 Å². The van der Waals surface area contributed by atoms with Crippen LogP contribution in [0.1, 0.15) is 25.0 Å². The molecule has 1 atom stereocenters. The topological polar surface area (TPSA) is 21.3 Å². The van der Waals surface area contributed by atoms with Gasteiger partial charge in [0.1, 0.15) is 11.9 Å². The van der Waals surface area contributed by atoms with Crippen molar-refractivity contribution in [3.05, 3.63) is 29.3 Å². The summed E-state index contributed by atoms with van der Waals surface area (Å²) in [6, 6.07) is 1.21. The van der Waals surface area contributed by atoms with Crippen molar-refractivity contribution in [2.45, 2.75) is 32.3 Å². The van der Waals surface area contributed by atoms with Crippen LogP contribution in [-0.2, 0) is 12.4 Å². The molecule has 0 aromatic heterocycles. The molecule has 0 fully saturated rings. The first-order valence-corrected chi connectivity index (χ1v) is 6.21. The molecule has 1 N–H and O–H groups in total. The van der Waals surface area contributed by atoms with Crippen LogP contribution in [0.2, 0.25) is 0 Å². The number of alkyl halides is 6. The van der Waals surface area contributed by atoms with Gasteiger partial charge in [0.25, 0.3) is 0 Å². The second-order valence-electron chi connectivity index (χ2n) is 4.48. The molecule has 0 radical (unpaired) electrons. The zero-order chi connectivity index (χ0) is 16.3. The SMILES string of the molecule is CCNCC(C)Oc1cc(C(F)(F)F)cc(C(F)(F)F)c1. The van der Waals surface area contributed by atoms with Gasteiger partial charge in [-0.25, -0.2) is 0 Å². The standard InChI is InChI=1S/C13H15F6NO/c1-3-20-7-8(2)21-11-5-9(12(14,15)16)4-10(6-11)13(17,18)19/h4-6,8,20H,3,7H2,1-2H3. The molecule has 1 aromatic carbocycles. The quantitative estimate of drug-likeness (QED) is 0.826. The van der Waals surface area contributed by atoms with E-state index >= 15 is 0 Å². The van der Waals surface area contributed by atoms with E-state index in [-0.39, 0.29) is 6.07 Å². The van der Waals surface area contributed by atoms with Gasteiger partial charge in [-0.1, -0.05) is 6.92 Å². The highest BCUT2D eigenvalue weighted by molar-refractivity contribution is 5.37. The number of likely N-dealkylation sites (N-methyl/N-ethyl adjacent to an activating group) is 1. The van der Waals surface area contributed by atoms with E-state index in [0.717, 1.165) is 0 Å². The molecule has 0 saturated heterocycles. The van der Waals surface area contributed by atoms with Crippen LogP contribution in [0.4, 0.5) is 26.3 Å². The summed E-state index contributed by atoms with van der Waals surface area (Å²) < 4.78 is 81.0. The Balaban J connectivity index is 3.08. The number of nitrogens with one attached hydrogen (secondary N) is 1. The lowest BCUT2D eigenvalue weighted by atomic mass is 10.1. The van der Waals surface area contributed by atoms with Gasteiger partial charge in [0.15, 0.2) is 0 Å². The van der Waals surface area contributed by atoms with Gasteiger partial charge >= 0.3 is 12.4 Å². The molecule has 8 heteroatoms. The third-order valence-corrected chi connectivity index (χ3v) is 2.58. The van der Waals surface area contributed by atoms with Crippen LogP contribution in [0.3, 0.4) is 0 Å². The van der Waals surface area contributed by atoms with Crippen LogP contribution >= 0.6 is 0 Å². The molecule has 0 spiro atoms. The van der Waals surface area contributed by atoms with E-state index in [0.29, 0.717) is 25.2 Å². The van der Waals surface area contributed by atoms with E-state index in [2.05, 4.69) is 5.32 Å². The summed E-state index contributed by atoms with van der Waals surface area (Å²) in [5.41, 5.74) is -2.77. The van der Waals surface area contributed by atoms with E-state index in [1.165, 1.54) is 0 Å². The van der Waals surface area contributed by atoms with Crippen LogP contribution in [0.15, 0.2) is 18.2 Å². The Hall–Kier alpha value is -1.44. The van der Waals surface area contributed by atoms with Crippen molar-refractivity contribution in [3.63, 3.8) is 0 Å². The molecule has 0 aliphatic heterocycles. The lowest BCUT2D eigenvalue weighted by Gasteiger charge is -2.18. The maximum absolute atomic E-state index is 12.6. The number of halogens is 6. The summed E-state index contributed by atoms with van der Waals surface area (Å²) in [5, 5.41) is 2.89.